The van der Waals surface area contributed by atoms with Crippen molar-refractivity contribution in [2.45, 2.75) is 23.8 Å². The van der Waals surface area contributed by atoms with E-state index in [-0.39, 0.29) is 16.3 Å². The van der Waals surface area contributed by atoms with Crippen molar-refractivity contribution in [3.63, 3.8) is 0 Å². The molecule has 0 aromatic carbocycles. The van der Waals surface area contributed by atoms with E-state index in [1.807, 2.05) is 0 Å². The van der Waals surface area contributed by atoms with E-state index in [1.165, 1.54) is 12.3 Å². The smallest absolute Gasteiger partial charge is 0.338 e. The zero-order valence-electron chi connectivity index (χ0n) is 11.2. The van der Waals surface area contributed by atoms with Crippen LogP contribution in [-0.4, -0.2) is 26.0 Å². The third kappa shape index (κ3) is 3.16. The minimum atomic E-state index is -1.11. The third-order valence-corrected chi connectivity index (χ3v) is 3.74. The number of hydrogen-bond acceptors (Lipinski definition) is 6. The summed E-state index contributed by atoms with van der Waals surface area (Å²) in [4.78, 5) is 30.0. The van der Waals surface area contributed by atoms with Crippen LogP contribution in [0.3, 0.4) is 0 Å². The Morgan fingerprint density at radius 1 is 1.43 bits per heavy atom. The maximum absolute atomic E-state index is 11.4. The van der Waals surface area contributed by atoms with Crippen molar-refractivity contribution in [3.8, 4) is 0 Å². The van der Waals surface area contributed by atoms with Gasteiger partial charge >= 0.3 is 11.7 Å². The molecule has 0 spiro atoms. The Bertz CT molecular complexity index is 733. The molecule has 108 valence electrons. The molecule has 8 heteroatoms. The molecule has 0 amide bonds. The van der Waals surface area contributed by atoms with E-state index in [0.29, 0.717) is 16.2 Å². The van der Waals surface area contributed by atoms with Gasteiger partial charge in [0.15, 0.2) is 0 Å². The number of aromatic carboxylic acids is 1. The molecule has 0 fully saturated rings. The van der Waals surface area contributed by atoms with Gasteiger partial charge in [-0.25, -0.2) is 9.78 Å². The summed E-state index contributed by atoms with van der Waals surface area (Å²) in [5, 5.41) is 20.5. The summed E-state index contributed by atoms with van der Waals surface area (Å²) in [5.41, 5.74) is 1.09. The molecule has 0 saturated carbocycles. The van der Waals surface area contributed by atoms with Crippen LogP contribution in [0.1, 0.15) is 21.6 Å². The van der Waals surface area contributed by atoms with Gasteiger partial charge < -0.3 is 5.11 Å². The second kappa shape index (κ2) is 5.88. The predicted molar refractivity (Wildman–Crippen MR) is 75.7 cm³/mol. The molecule has 7 nitrogen and oxygen atoms in total. The average Bonchev–Trinajstić information content (AvgIpc) is 2.37. The van der Waals surface area contributed by atoms with E-state index in [9.17, 15) is 20.0 Å². The second-order valence-corrected chi connectivity index (χ2v) is 5.30. The summed E-state index contributed by atoms with van der Waals surface area (Å²) < 4.78 is 0. The molecule has 0 saturated heterocycles. The Hall–Kier alpha value is -2.48. The van der Waals surface area contributed by atoms with Crippen LogP contribution in [0.15, 0.2) is 34.4 Å². The molecule has 1 N–H and O–H groups in total. The minimum Gasteiger partial charge on any atom is -0.478 e. The first-order valence-electron chi connectivity index (χ1n) is 5.88. The molecule has 0 aliphatic heterocycles. The van der Waals surface area contributed by atoms with E-state index in [0.717, 1.165) is 18.0 Å². The molecule has 21 heavy (non-hydrogen) atoms. The van der Waals surface area contributed by atoms with Gasteiger partial charge in [0.05, 0.1) is 15.4 Å². The second-order valence-electron chi connectivity index (χ2n) is 4.27. The van der Waals surface area contributed by atoms with Gasteiger partial charge in [0.1, 0.15) is 11.2 Å². The lowest BCUT2D eigenvalue weighted by atomic mass is 10.1. The first-order valence-corrected chi connectivity index (χ1v) is 6.69. The standard InChI is InChI=1S/C13H11N3O4S/c1-7-5-8(2)15-12(11(7)13(17)18)21-10-3-4-14-6-9(10)16(19)20/h3-6H,1-2H3,(H,17,18). The quantitative estimate of drug-likeness (QED) is 0.683. The highest BCUT2D eigenvalue weighted by atomic mass is 32.2. The topological polar surface area (TPSA) is 106 Å². The molecule has 0 bridgehead atoms. The molecule has 0 aliphatic carbocycles. The molecular formula is C13H11N3O4S. The van der Waals surface area contributed by atoms with E-state index in [4.69, 9.17) is 0 Å². The number of carbonyl (C=O) groups is 1. The fourth-order valence-corrected chi connectivity index (χ4v) is 2.95. The van der Waals surface area contributed by atoms with Crippen molar-refractivity contribution in [2.24, 2.45) is 0 Å². The highest BCUT2D eigenvalue weighted by Crippen LogP contribution is 2.35. The number of carboxylic acid groups (broad SMARTS) is 1. The molecule has 0 unspecified atom stereocenters. The minimum absolute atomic E-state index is 0.0525. The number of rotatable bonds is 4. The first kappa shape index (κ1) is 14.9. The zero-order chi connectivity index (χ0) is 15.6. The van der Waals surface area contributed by atoms with Gasteiger partial charge in [-0.05, 0) is 31.5 Å². The van der Waals surface area contributed by atoms with E-state index < -0.39 is 10.9 Å². The summed E-state index contributed by atoms with van der Waals surface area (Å²) in [6.45, 7) is 3.41. The Morgan fingerprint density at radius 2 is 2.14 bits per heavy atom. The molecule has 2 rings (SSSR count). The fourth-order valence-electron chi connectivity index (χ4n) is 1.84. The largest absolute Gasteiger partial charge is 0.478 e. The van der Waals surface area contributed by atoms with E-state index >= 15 is 0 Å². The van der Waals surface area contributed by atoms with E-state index in [2.05, 4.69) is 9.97 Å². The van der Waals surface area contributed by atoms with Crippen LogP contribution in [0.2, 0.25) is 0 Å². The molecule has 0 aliphatic rings. The van der Waals surface area contributed by atoms with Gasteiger partial charge in [-0.1, -0.05) is 11.8 Å². The fraction of sp³-hybridized carbons (Fsp3) is 0.154. The lowest BCUT2D eigenvalue weighted by Gasteiger charge is -2.09. The third-order valence-electron chi connectivity index (χ3n) is 2.69. The molecular weight excluding hydrogens is 294 g/mol. The van der Waals surface area contributed by atoms with E-state index in [1.54, 1.807) is 19.9 Å². The Morgan fingerprint density at radius 3 is 2.76 bits per heavy atom. The van der Waals surface area contributed by atoms with Crippen LogP contribution in [-0.2, 0) is 0 Å². The SMILES string of the molecule is Cc1cc(C)c(C(=O)O)c(Sc2ccncc2[N+](=O)[O-])n1. The summed E-state index contributed by atoms with van der Waals surface area (Å²) in [6.07, 6.45) is 2.55. The van der Waals surface area contributed by atoms with Gasteiger partial charge in [0.2, 0.25) is 0 Å². The van der Waals surface area contributed by atoms with Crippen molar-refractivity contribution in [1.82, 2.24) is 9.97 Å². The predicted octanol–water partition coefficient (Wildman–Crippen LogP) is 2.85. The number of carboxylic acids is 1. The molecule has 0 atom stereocenters. The summed E-state index contributed by atoms with van der Waals surface area (Å²) in [5.74, 6) is -1.11. The van der Waals surface area contributed by atoms with Crippen molar-refractivity contribution < 1.29 is 14.8 Å². The van der Waals surface area contributed by atoms with Gasteiger partial charge in [-0.2, -0.15) is 0 Å². The lowest BCUT2D eigenvalue weighted by Crippen LogP contribution is -2.05. The maximum Gasteiger partial charge on any atom is 0.338 e. The number of nitrogens with zero attached hydrogens (tertiary/aromatic N) is 3. The number of pyridine rings is 2. The molecule has 2 aromatic heterocycles. The van der Waals surface area contributed by atoms with Crippen molar-refractivity contribution in [2.75, 3.05) is 0 Å². The summed E-state index contributed by atoms with van der Waals surface area (Å²) in [6, 6.07) is 3.13. The number of hydrogen-bond donors (Lipinski definition) is 1. The van der Waals surface area contributed by atoms with Crippen LogP contribution in [0.4, 0.5) is 5.69 Å². The molecule has 2 aromatic rings. The Kier molecular flexibility index (Phi) is 4.18. The van der Waals surface area contributed by atoms with Crippen LogP contribution in [0.5, 0.6) is 0 Å². The highest BCUT2D eigenvalue weighted by molar-refractivity contribution is 7.99. The highest BCUT2D eigenvalue weighted by Gasteiger charge is 2.21. The van der Waals surface area contributed by atoms with Crippen LogP contribution < -0.4 is 0 Å². The van der Waals surface area contributed by atoms with Gasteiger partial charge in [-0.3, -0.25) is 15.1 Å². The summed E-state index contributed by atoms with van der Waals surface area (Å²) in [7, 11) is 0. The lowest BCUT2D eigenvalue weighted by molar-refractivity contribution is -0.388. The zero-order valence-corrected chi connectivity index (χ0v) is 12.0. The normalized spacial score (nSPS) is 10.4. The van der Waals surface area contributed by atoms with Gasteiger partial charge in [-0.15, -0.1) is 0 Å². The number of aryl methyl sites for hydroxylation is 2. The molecule has 0 radical (unpaired) electrons. The summed E-state index contributed by atoms with van der Waals surface area (Å²) >= 11 is 0.952. The van der Waals surface area contributed by atoms with Crippen molar-refractivity contribution >= 4 is 23.4 Å². The Labute approximate surface area is 124 Å². The first-order chi connectivity index (χ1) is 9.90. The average molecular weight is 305 g/mol. The van der Waals surface area contributed by atoms with Crippen molar-refractivity contribution in [3.05, 3.63) is 51.5 Å². The number of nitro groups is 1. The number of aromatic nitrogens is 2. The van der Waals surface area contributed by atoms with Crippen LogP contribution in [0.25, 0.3) is 0 Å². The Balaban J connectivity index is 2.54. The van der Waals surface area contributed by atoms with Crippen LogP contribution in [0, 0.1) is 24.0 Å². The maximum atomic E-state index is 11.4. The molecule has 2 heterocycles. The van der Waals surface area contributed by atoms with Crippen LogP contribution >= 0.6 is 11.8 Å². The monoisotopic (exact) mass is 305 g/mol. The van der Waals surface area contributed by atoms with Gasteiger partial charge in [0.25, 0.3) is 0 Å². The van der Waals surface area contributed by atoms with Crippen molar-refractivity contribution in [1.29, 1.82) is 0 Å². The van der Waals surface area contributed by atoms with Gasteiger partial charge in [0, 0.05) is 11.9 Å².